The Hall–Kier alpha value is -1.30. The number of amides is 2. The lowest BCUT2D eigenvalue weighted by Gasteiger charge is -2.34. The van der Waals surface area contributed by atoms with E-state index in [1.54, 1.807) is 32.7 Å². The summed E-state index contributed by atoms with van der Waals surface area (Å²) in [4.78, 5) is 24.9. The van der Waals surface area contributed by atoms with Gasteiger partial charge in [0.25, 0.3) is 0 Å². The van der Waals surface area contributed by atoms with Crippen molar-refractivity contribution in [2.45, 2.75) is 45.7 Å². The first-order valence-corrected chi connectivity index (χ1v) is 6.57. The molecule has 0 aromatic rings. The van der Waals surface area contributed by atoms with Gasteiger partial charge in [0.15, 0.2) is 0 Å². The van der Waals surface area contributed by atoms with E-state index >= 15 is 0 Å². The maximum absolute atomic E-state index is 12.1. The number of ether oxygens (including phenoxy) is 1. The molecule has 1 aliphatic rings. The van der Waals surface area contributed by atoms with Crippen molar-refractivity contribution >= 4 is 12.0 Å². The average molecular weight is 272 g/mol. The van der Waals surface area contributed by atoms with Crippen LogP contribution < -0.4 is 5.32 Å². The summed E-state index contributed by atoms with van der Waals surface area (Å²) < 4.78 is 5.25. The molecule has 19 heavy (non-hydrogen) atoms. The van der Waals surface area contributed by atoms with Gasteiger partial charge in [-0.2, -0.15) is 0 Å². The van der Waals surface area contributed by atoms with Gasteiger partial charge in [-0.15, -0.1) is 0 Å². The van der Waals surface area contributed by atoms with E-state index in [9.17, 15) is 14.7 Å². The summed E-state index contributed by atoms with van der Waals surface area (Å²) in [5, 5.41) is 11.8. The number of carbonyl (C=O) groups excluding carboxylic acids is 1. The molecule has 0 saturated carbocycles. The van der Waals surface area contributed by atoms with Gasteiger partial charge >= 0.3 is 12.0 Å². The van der Waals surface area contributed by atoms with E-state index in [0.717, 1.165) is 12.8 Å². The van der Waals surface area contributed by atoms with Crippen LogP contribution in [-0.4, -0.2) is 54.4 Å². The average Bonchev–Trinajstić information content (AvgIpc) is 2.34. The molecule has 0 radical (unpaired) electrons. The molecule has 0 bridgehead atoms. The Labute approximate surface area is 114 Å². The zero-order chi connectivity index (χ0) is 14.6. The maximum Gasteiger partial charge on any atom is 0.326 e. The van der Waals surface area contributed by atoms with Gasteiger partial charge in [0, 0.05) is 26.3 Å². The topological polar surface area (TPSA) is 78.9 Å². The van der Waals surface area contributed by atoms with Crippen LogP contribution in [0.5, 0.6) is 0 Å². The maximum atomic E-state index is 12.1. The fourth-order valence-corrected chi connectivity index (χ4v) is 2.11. The summed E-state index contributed by atoms with van der Waals surface area (Å²) in [7, 11) is 1.70. The number of carboxylic acids is 1. The van der Waals surface area contributed by atoms with Crippen LogP contribution in [0.4, 0.5) is 4.79 Å². The second-order valence-corrected chi connectivity index (χ2v) is 6.04. The SMILES string of the molecule is CN(C(=O)N[C@H](C(=O)O)C(C)(C)C)C1CCOCC1. The van der Waals surface area contributed by atoms with E-state index < -0.39 is 17.4 Å². The number of rotatable bonds is 3. The summed E-state index contributed by atoms with van der Waals surface area (Å²) in [6, 6.07) is -1.13. The number of hydrogen-bond donors (Lipinski definition) is 2. The van der Waals surface area contributed by atoms with Crippen molar-refractivity contribution in [1.82, 2.24) is 10.2 Å². The number of nitrogens with one attached hydrogen (secondary N) is 1. The molecule has 0 aromatic carbocycles. The predicted molar refractivity (Wildman–Crippen MR) is 71.0 cm³/mol. The monoisotopic (exact) mass is 272 g/mol. The lowest BCUT2D eigenvalue weighted by atomic mass is 9.87. The van der Waals surface area contributed by atoms with Crippen molar-refractivity contribution in [2.75, 3.05) is 20.3 Å². The lowest BCUT2D eigenvalue weighted by molar-refractivity contribution is -0.142. The molecule has 0 unspecified atom stereocenters. The molecule has 1 aliphatic heterocycles. The Kier molecular flexibility index (Phi) is 5.17. The Morgan fingerprint density at radius 2 is 1.84 bits per heavy atom. The van der Waals surface area contributed by atoms with Gasteiger partial charge in [0.2, 0.25) is 0 Å². The minimum Gasteiger partial charge on any atom is -0.480 e. The quantitative estimate of drug-likeness (QED) is 0.812. The summed E-state index contributed by atoms with van der Waals surface area (Å²) in [6.45, 7) is 6.66. The third-order valence-corrected chi connectivity index (χ3v) is 3.44. The summed E-state index contributed by atoms with van der Waals surface area (Å²) in [5.41, 5.74) is -0.530. The minimum absolute atomic E-state index is 0.114. The molecule has 6 heteroatoms. The van der Waals surface area contributed by atoms with Crippen molar-refractivity contribution in [3.8, 4) is 0 Å². The molecule has 1 saturated heterocycles. The van der Waals surface area contributed by atoms with Crippen LogP contribution in [0.25, 0.3) is 0 Å². The van der Waals surface area contributed by atoms with Crippen LogP contribution >= 0.6 is 0 Å². The number of urea groups is 1. The predicted octanol–water partition coefficient (Wildman–Crippen LogP) is 1.31. The van der Waals surface area contributed by atoms with E-state index in [1.165, 1.54) is 0 Å². The van der Waals surface area contributed by atoms with Gasteiger partial charge in [-0.1, -0.05) is 20.8 Å². The molecule has 2 amide bonds. The highest BCUT2D eigenvalue weighted by molar-refractivity contribution is 5.83. The molecule has 1 atom stereocenters. The molecule has 1 rings (SSSR count). The first-order valence-electron chi connectivity index (χ1n) is 6.57. The zero-order valence-electron chi connectivity index (χ0n) is 12.1. The molecule has 1 fully saturated rings. The number of hydrogen-bond acceptors (Lipinski definition) is 3. The highest BCUT2D eigenvalue weighted by Crippen LogP contribution is 2.20. The third kappa shape index (κ3) is 4.38. The highest BCUT2D eigenvalue weighted by Gasteiger charge is 2.34. The first kappa shape index (κ1) is 15.8. The molecule has 6 nitrogen and oxygen atoms in total. The molecule has 2 N–H and O–H groups in total. The largest absolute Gasteiger partial charge is 0.480 e. The van der Waals surface area contributed by atoms with Crippen molar-refractivity contribution in [2.24, 2.45) is 5.41 Å². The molecule has 110 valence electrons. The van der Waals surface area contributed by atoms with Crippen molar-refractivity contribution in [3.05, 3.63) is 0 Å². The van der Waals surface area contributed by atoms with Crippen LogP contribution in [0.1, 0.15) is 33.6 Å². The number of aliphatic carboxylic acids is 1. The molecule has 0 aliphatic carbocycles. The van der Waals surface area contributed by atoms with Crippen LogP contribution in [0.2, 0.25) is 0 Å². The molecule has 1 heterocycles. The number of carbonyl (C=O) groups is 2. The summed E-state index contributed by atoms with van der Waals surface area (Å²) >= 11 is 0. The zero-order valence-corrected chi connectivity index (χ0v) is 12.1. The third-order valence-electron chi connectivity index (χ3n) is 3.44. The van der Waals surface area contributed by atoms with Gasteiger partial charge < -0.3 is 20.1 Å². The standard InChI is InChI=1S/C13H24N2O4/c1-13(2,3)10(11(16)17)14-12(18)15(4)9-5-7-19-8-6-9/h9-10H,5-8H2,1-4H3,(H,14,18)(H,16,17)/t10-/m1/s1. The Morgan fingerprint density at radius 3 is 2.26 bits per heavy atom. The fourth-order valence-electron chi connectivity index (χ4n) is 2.11. The summed E-state index contributed by atoms with van der Waals surface area (Å²) in [6.07, 6.45) is 1.58. The minimum atomic E-state index is -1.01. The van der Waals surface area contributed by atoms with E-state index in [-0.39, 0.29) is 12.1 Å². The van der Waals surface area contributed by atoms with Crippen LogP contribution in [0.15, 0.2) is 0 Å². The van der Waals surface area contributed by atoms with Gasteiger partial charge in [0.1, 0.15) is 6.04 Å². The molecular formula is C13H24N2O4. The Balaban J connectivity index is 2.63. The van der Waals surface area contributed by atoms with E-state index in [1.807, 2.05) is 0 Å². The van der Waals surface area contributed by atoms with Crippen LogP contribution in [0, 0.1) is 5.41 Å². The molecular weight excluding hydrogens is 248 g/mol. The first-order chi connectivity index (χ1) is 8.73. The molecule has 0 spiro atoms. The van der Waals surface area contributed by atoms with Crippen molar-refractivity contribution in [3.63, 3.8) is 0 Å². The second kappa shape index (κ2) is 6.23. The Bertz CT molecular complexity index is 332. The van der Waals surface area contributed by atoms with E-state index in [0.29, 0.717) is 13.2 Å². The lowest BCUT2D eigenvalue weighted by Crippen LogP contribution is -2.54. The molecule has 0 aromatic heterocycles. The second-order valence-electron chi connectivity index (χ2n) is 6.04. The van der Waals surface area contributed by atoms with Crippen molar-refractivity contribution < 1.29 is 19.4 Å². The Morgan fingerprint density at radius 1 is 1.32 bits per heavy atom. The number of carboxylic acid groups (broad SMARTS) is 1. The van der Waals surface area contributed by atoms with Crippen LogP contribution in [-0.2, 0) is 9.53 Å². The van der Waals surface area contributed by atoms with Crippen LogP contribution in [0.3, 0.4) is 0 Å². The van der Waals surface area contributed by atoms with E-state index in [4.69, 9.17) is 4.74 Å². The normalized spacial score (nSPS) is 18.7. The van der Waals surface area contributed by atoms with Crippen molar-refractivity contribution in [1.29, 1.82) is 0 Å². The smallest absolute Gasteiger partial charge is 0.326 e. The van der Waals surface area contributed by atoms with Gasteiger partial charge in [-0.25, -0.2) is 9.59 Å². The summed E-state index contributed by atoms with van der Waals surface area (Å²) in [5.74, 6) is -1.01. The van der Waals surface area contributed by atoms with Gasteiger partial charge in [-0.3, -0.25) is 0 Å². The fraction of sp³-hybridized carbons (Fsp3) is 0.846. The number of nitrogens with zero attached hydrogens (tertiary/aromatic N) is 1. The van der Waals surface area contributed by atoms with Gasteiger partial charge in [-0.05, 0) is 18.3 Å². The van der Waals surface area contributed by atoms with E-state index in [2.05, 4.69) is 5.32 Å². The highest BCUT2D eigenvalue weighted by atomic mass is 16.5. The van der Waals surface area contributed by atoms with Gasteiger partial charge in [0.05, 0.1) is 0 Å².